The lowest BCUT2D eigenvalue weighted by Gasteiger charge is -2.04. The van der Waals surface area contributed by atoms with Gasteiger partial charge in [0, 0.05) is 18.0 Å². The molecule has 18 heavy (non-hydrogen) atoms. The van der Waals surface area contributed by atoms with Gasteiger partial charge in [-0.05, 0) is 19.4 Å². The first-order valence-electron chi connectivity index (χ1n) is 5.77. The van der Waals surface area contributed by atoms with Crippen LogP contribution in [0, 0.1) is 6.92 Å². The van der Waals surface area contributed by atoms with Crippen molar-refractivity contribution in [1.29, 1.82) is 0 Å². The normalized spacial score (nSPS) is 10.1. The summed E-state index contributed by atoms with van der Waals surface area (Å²) in [5.41, 5.74) is 3.26. The van der Waals surface area contributed by atoms with E-state index in [1.807, 2.05) is 25.1 Å². The van der Waals surface area contributed by atoms with Crippen LogP contribution in [0.5, 0.6) is 0 Å². The van der Waals surface area contributed by atoms with Crippen molar-refractivity contribution < 1.29 is 4.79 Å². The predicted molar refractivity (Wildman–Crippen MR) is 71.4 cm³/mol. The lowest BCUT2D eigenvalue weighted by molar-refractivity contribution is -0.115. The van der Waals surface area contributed by atoms with Gasteiger partial charge in [-0.25, -0.2) is 9.97 Å². The van der Waals surface area contributed by atoms with Gasteiger partial charge in [-0.3, -0.25) is 4.79 Å². The second-order valence-electron chi connectivity index (χ2n) is 4.22. The van der Waals surface area contributed by atoms with Crippen molar-refractivity contribution in [2.45, 2.75) is 13.8 Å². The Morgan fingerprint density at radius 1 is 1.22 bits per heavy atom. The van der Waals surface area contributed by atoms with Crippen LogP contribution in [0.1, 0.15) is 12.5 Å². The molecule has 1 N–H and O–H groups in total. The molecule has 0 saturated heterocycles. The molecule has 4 heteroatoms. The average molecular weight is 241 g/mol. The third-order valence-corrected chi connectivity index (χ3v) is 2.50. The minimum atomic E-state index is 0.0568. The highest BCUT2D eigenvalue weighted by atomic mass is 16.1. The summed E-state index contributed by atoms with van der Waals surface area (Å²) in [6.07, 6.45) is 3.51. The van der Waals surface area contributed by atoms with Crippen LogP contribution >= 0.6 is 0 Å². The molecule has 2 rings (SSSR count). The van der Waals surface area contributed by atoms with Crippen LogP contribution in [0.2, 0.25) is 0 Å². The number of benzene rings is 1. The highest BCUT2D eigenvalue weighted by molar-refractivity contribution is 5.79. The molecule has 0 aliphatic rings. The minimum Gasteiger partial charge on any atom is -0.347 e. The standard InChI is InChI=1S/C14H15N3O/c1-10-4-3-5-12(6-10)13-8-16-14(17-9-13)15-7-11(2)18/h3-6,8-9H,7H2,1-2H3,(H,15,16,17). The molecular formula is C14H15N3O. The van der Waals surface area contributed by atoms with Gasteiger partial charge in [0.25, 0.3) is 0 Å². The monoisotopic (exact) mass is 241 g/mol. The summed E-state index contributed by atoms with van der Waals surface area (Å²) in [5, 5.41) is 2.86. The van der Waals surface area contributed by atoms with Gasteiger partial charge in [-0.2, -0.15) is 0 Å². The third kappa shape index (κ3) is 3.13. The first kappa shape index (κ1) is 12.2. The number of nitrogens with zero attached hydrogens (tertiary/aromatic N) is 2. The topological polar surface area (TPSA) is 54.9 Å². The van der Waals surface area contributed by atoms with Crippen LogP contribution in [0.15, 0.2) is 36.7 Å². The summed E-state index contributed by atoms with van der Waals surface area (Å²) in [6, 6.07) is 8.16. The summed E-state index contributed by atoms with van der Waals surface area (Å²) in [7, 11) is 0. The largest absolute Gasteiger partial charge is 0.347 e. The zero-order valence-corrected chi connectivity index (χ0v) is 10.5. The zero-order chi connectivity index (χ0) is 13.0. The van der Waals surface area contributed by atoms with Gasteiger partial charge >= 0.3 is 0 Å². The Bertz CT molecular complexity index is 549. The van der Waals surface area contributed by atoms with Gasteiger partial charge in [-0.15, -0.1) is 0 Å². The predicted octanol–water partition coefficient (Wildman–Crippen LogP) is 2.45. The molecule has 0 fully saturated rings. The third-order valence-electron chi connectivity index (χ3n) is 2.50. The van der Waals surface area contributed by atoms with Gasteiger partial charge in [0.05, 0.1) is 6.54 Å². The van der Waals surface area contributed by atoms with Crippen molar-refractivity contribution in [3.63, 3.8) is 0 Å². The van der Waals surface area contributed by atoms with Crippen molar-refractivity contribution in [3.8, 4) is 11.1 Å². The van der Waals surface area contributed by atoms with Gasteiger partial charge < -0.3 is 5.32 Å². The molecule has 0 aliphatic heterocycles. The molecule has 0 saturated carbocycles. The van der Waals surface area contributed by atoms with Gasteiger partial charge in [0.2, 0.25) is 5.95 Å². The molecule has 0 aliphatic carbocycles. The number of carbonyl (C=O) groups excluding carboxylic acids is 1. The second kappa shape index (κ2) is 5.40. The highest BCUT2D eigenvalue weighted by Crippen LogP contribution is 2.18. The molecule has 2 aromatic rings. The molecule has 0 radical (unpaired) electrons. The lowest BCUT2D eigenvalue weighted by Crippen LogP contribution is -2.11. The molecule has 0 atom stereocenters. The SMILES string of the molecule is CC(=O)CNc1ncc(-c2cccc(C)c2)cn1. The van der Waals surface area contributed by atoms with E-state index < -0.39 is 0 Å². The van der Waals surface area contributed by atoms with Crippen molar-refractivity contribution in [3.05, 3.63) is 42.2 Å². The van der Waals surface area contributed by atoms with Gasteiger partial charge in [-0.1, -0.05) is 29.8 Å². The molecule has 4 nitrogen and oxygen atoms in total. The number of hydrogen-bond donors (Lipinski definition) is 1. The van der Waals surface area contributed by atoms with Crippen molar-refractivity contribution in [1.82, 2.24) is 9.97 Å². The number of anilines is 1. The van der Waals surface area contributed by atoms with E-state index in [-0.39, 0.29) is 12.3 Å². The quantitative estimate of drug-likeness (QED) is 0.893. The van der Waals surface area contributed by atoms with E-state index in [0.717, 1.165) is 11.1 Å². The fourth-order valence-electron chi connectivity index (χ4n) is 1.60. The summed E-state index contributed by atoms with van der Waals surface area (Å²) >= 11 is 0. The van der Waals surface area contributed by atoms with Crippen LogP contribution < -0.4 is 5.32 Å². The van der Waals surface area contributed by atoms with Crippen LogP contribution in [0.4, 0.5) is 5.95 Å². The van der Waals surface area contributed by atoms with E-state index in [0.29, 0.717) is 5.95 Å². The molecule has 1 aromatic heterocycles. The molecule has 92 valence electrons. The first-order chi connectivity index (χ1) is 8.65. The van der Waals surface area contributed by atoms with E-state index in [2.05, 4.69) is 21.4 Å². The van der Waals surface area contributed by atoms with Crippen molar-refractivity contribution in [2.75, 3.05) is 11.9 Å². The number of ketones is 1. The van der Waals surface area contributed by atoms with E-state index in [9.17, 15) is 4.79 Å². The van der Waals surface area contributed by atoms with E-state index in [4.69, 9.17) is 0 Å². The van der Waals surface area contributed by atoms with Crippen molar-refractivity contribution in [2.24, 2.45) is 0 Å². The van der Waals surface area contributed by atoms with E-state index in [1.165, 1.54) is 12.5 Å². The Kier molecular flexibility index (Phi) is 3.67. The summed E-state index contributed by atoms with van der Waals surface area (Å²) in [4.78, 5) is 19.2. The molecular weight excluding hydrogens is 226 g/mol. The molecule has 0 amide bonds. The summed E-state index contributed by atoms with van der Waals surface area (Å²) in [6.45, 7) is 3.82. The average Bonchev–Trinajstić information content (AvgIpc) is 2.37. The Balaban J connectivity index is 2.14. The number of carbonyl (C=O) groups is 1. The molecule has 1 aromatic carbocycles. The minimum absolute atomic E-state index is 0.0568. The fraction of sp³-hybridized carbons (Fsp3) is 0.214. The number of aromatic nitrogens is 2. The Hall–Kier alpha value is -2.23. The Labute approximate surface area is 106 Å². The number of aryl methyl sites for hydroxylation is 1. The highest BCUT2D eigenvalue weighted by Gasteiger charge is 2.01. The molecule has 0 unspecified atom stereocenters. The van der Waals surface area contributed by atoms with E-state index in [1.54, 1.807) is 12.4 Å². The fourth-order valence-corrected chi connectivity index (χ4v) is 1.60. The Morgan fingerprint density at radius 3 is 2.56 bits per heavy atom. The maximum absolute atomic E-state index is 10.8. The van der Waals surface area contributed by atoms with Crippen LogP contribution in [-0.4, -0.2) is 22.3 Å². The second-order valence-corrected chi connectivity index (χ2v) is 4.22. The molecule has 1 heterocycles. The lowest BCUT2D eigenvalue weighted by atomic mass is 10.1. The summed E-state index contributed by atoms with van der Waals surface area (Å²) < 4.78 is 0. The number of Topliss-reactive ketones (excluding diaryl/α,β-unsaturated/α-hetero) is 1. The molecule has 0 spiro atoms. The number of hydrogen-bond acceptors (Lipinski definition) is 4. The van der Waals surface area contributed by atoms with Crippen LogP contribution in [-0.2, 0) is 4.79 Å². The maximum Gasteiger partial charge on any atom is 0.222 e. The van der Waals surface area contributed by atoms with Gasteiger partial charge in [0.1, 0.15) is 5.78 Å². The van der Waals surface area contributed by atoms with Crippen molar-refractivity contribution >= 4 is 11.7 Å². The number of rotatable bonds is 4. The molecule has 0 bridgehead atoms. The zero-order valence-electron chi connectivity index (χ0n) is 10.5. The first-order valence-corrected chi connectivity index (χ1v) is 5.77. The van der Waals surface area contributed by atoms with E-state index >= 15 is 0 Å². The van der Waals surface area contributed by atoms with Crippen LogP contribution in [0.25, 0.3) is 11.1 Å². The van der Waals surface area contributed by atoms with Gasteiger partial charge in [0.15, 0.2) is 0 Å². The maximum atomic E-state index is 10.8. The number of nitrogens with one attached hydrogen (secondary N) is 1. The Morgan fingerprint density at radius 2 is 1.94 bits per heavy atom. The van der Waals surface area contributed by atoms with Crippen LogP contribution in [0.3, 0.4) is 0 Å². The summed E-state index contributed by atoms with van der Waals surface area (Å²) in [5.74, 6) is 0.531. The smallest absolute Gasteiger partial charge is 0.222 e.